The second kappa shape index (κ2) is 5.91. The summed E-state index contributed by atoms with van der Waals surface area (Å²) in [6.45, 7) is 0. The third-order valence-corrected chi connectivity index (χ3v) is 3.10. The fourth-order valence-electron chi connectivity index (χ4n) is 2.07. The number of rotatable bonds is 3. The van der Waals surface area contributed by atoms with Crippen molar-refractivity contribution >= 4 is 5.97 Å². The van der Waals surface area contributed by atoms with E-state index in [1.807, 2.05) is 0 Å². The first-order chi connectivity index (χ1) is 11.1. The van der Waals surface area contributed by atoms with Gasteiger partial charge in [0.2, 0.25) is 0 Å². The number of hydrogen-bond donors (Lipinski definition) is 0. The maximum absolute atomic E-state index is 14.1. The molecule has 23 heavy (non-hydrogen) atoms. The number of methoxy groups -OCH3 is 1. The molecular formula is C15H10F2N4O2. The highest BCUT2D eigenvalue weighted by Gasteiger charge is 2.21. The van der Waals surface area contributed by atoms with Gasteiger partial charge in [-0.1, -0.05) is 12.1 Å². The van der Waals surface area contributed by atoms with Crippen LogP contribution < -0.4 is 0 Å². The Kier molecular flexibility index (Phi) is 3.80. The lowest BCUT2D eigenvalue weighted by molar-refractivity contribution is 0.0593. The van der Waals surface area contributed by atoms with Gasteiger partial charge < -0.3 is 4.74 Å². The predicted octanol–water partition coefficient (Wildman–Crippen LogP) is 2.39. The normalized spacial score (nSPS) is 10.6. The Morgan fingerprint density at radius 3 is 2.70 bits per heavy atom. The molecule has 3 aromatic rings. The summed E-state index contributed by atoms with van der Waals surface area (Å²) in [5, 5.41) is 3.97. The van der Waals surface area contributed by atoms with Crippen molar-refractivity contribution in [2.45, 2.75) is 0 Å². The highest BCUT2D eigenvalue weighted by atomic mass is 19.1. The van der Waals surface area contributed by atoms with E-state index >= 15 is 0 Å². The number of carbonyl (C=O) groups excluding carboxylic acids is 1. The predicted molar refractivity (Wildman–Crippen MR) is 75.8 cm³/mol. The molecule has 0 aliphatic heterocycles. The van der Waals surface area contributed by atoms with Gasteiger partial charge in [0.25, 0.3) is 0 Å². The average molecular weight is 316 g/mol. The van der Waals surface area contributed by atoms with Gasteiger partial charge in [-0.2, -0.15) is 5.10 Å². The van der Waals surface area contributed by atoms with Gasteiger partial charge in [0.15, 0.2) is 17.3 Å². The van der Waals surface area contributed by atoms with Crippen LogP contribution in [0.5, 0.6) is 0 Å². The maximum Gasteiger partial charge on any atom is 0.358 e. The summed E-state index contributed by atoms with van der Waals surface area (Å²) in [5.41, 5.74) is 0.220. The minimum Gasteiger partial charge on any atom is -0.464 e. The zero-order valence-electron chi connectivity index (χ0n) is 11.9. The lowest BCUT2D eigenvalue weighted by Gasteiger charge is -2.07. The van der Waals surface area contributed by atoms with E-state index in [-0.39, 0.29) is 22.8 Å². The Hall–Kier alpha value is -3.16. The lowest BCUT2D eigenvalue weighted by atomic mass is 10.1. The third kappa shape index (κ3) is 2.66. The Labute approximate surface area is 129 Å². The monoisotopic (exact) mass is 316 g/mol. The molecule has 0 atom stereocenters. The first kappa shape index (κ1) is 14.8. The molecule has 116 valence electrons. The molecule has 0 saturated carbocycles. The fraction of sp³-hybridized carbons (Fsp3) is 0.0667. The molecule has 6 nitrogen and oxygen atoms in total. The number of halogens is 2. The number of aromatic nitrogens is 4. The number of ether oxygens (including phenoxy) is 1. The number of esters is 1. The molecule has 0 unspecified atom stereocenters. The molecular weight excluding hydrogens is 306 g/mol. The van der Waals surface area contributed by atoms with E-state index in [9.17, 15) is 13.6 Å². The molecule has 0 aliphatic carbocycles. The smallest absolute Gasteiger partial charge is 0.358 e. The molecule has 2 aromatic heterocycles. The molecule has 0 fully saturated rings. The van der Waals surface area contributed by atoms with Crippen molar-refractivity contribution < 1.29 is 18.3 Å². The van der Waals surface area contributed by atoms with Crippen molar-refractivity contribution in [3.63, 3.8) is 0 Å². The maximum atomic E-state index is 14.1. The summed E-state index contributed by atoms with van der Waals surface area (Å²) in [7, 11) is 1.19. The van der Waals surface area contributed by atoms with E-state index in [4.69, 9.17) is 0 Å². The highest BCUT2D eigenvalue weighted by Crippen LogP contribution is 2.26. The van der Waals surface area contributed by atoms with Crippen LogP contribution in [0.1, 0.15) is 10.5 Å². The van der Waals surface area contributed by atoms with E-state index < -0.39 is 17.6 Å². The Morgan fingerprint density at radius 1 is 1.22 bits per heavy atom. The molecule has 2 heterocycles. The molecule has 0 saturated heterocycles. The van der Waals surface area contributed by atoms with Crippen LogP contribution in [0.15, 0.2) is 42.9 Å². The second-order valence-corrected chi connectivity index (χ2v) is 4.49. The van der Waals surface area contributed by atoms with Gasteiger partial charge in [0, 0.05) is 5.56 Å². The largest absolute Gasteiger partial charge is 0.464 e. The molecule has 0 amide bonds. The average Bonchev–Trinajstić information content (AvgIpc) is 3.00. The van der Waals surface area contributed by atoms with Gasteiger partial charge in [0.1, 0.15) is 12.1 Å². The minimum atomic E-state index is -0.760. The fourth-order valence-corrected chi connectivity index (χ4v) is 2.07. The third-order valence-electron chi connectivity index (χ3n) is 3.10. The lowest BCUT2D eigenvalue weighted by Crippen LogP contribution is -2.08. The molecule has 0 radical (unpaired) electrons. The number of nitrogens with zero attached hydrogens (tertiary/aromatic N) is 4. The van der Waals surface area contributed by atoms with Crippen LogP contribution in [0.3, 0.4) is 0 Å². The summed E-state index contributed by atoms with van der Waals surface area (Å²) >= 11 is 0. The molecule has 0 spiro atoms. The zero-order chi connectivity index (χ0) is 16.4. The van der Waals surface area contributed by atoms with Gasteiger partial charge >= 0.3 is 5.97 Å². The molecule has 0 bridgehead atoms. The number of carbonyl (C=O) groups is 1. The van der Waals surface area contributed by atoms with Gasteiger partial charge in [-0.15, -0.1) is 0 Å². The van der Waals surface area contributed by atoms with Crippen LogP contribution in [0.4, 0.5) is 8.78 Å². The summed E-state index contributed by atoms with van der Waals surface area (Å²) < 4.78 is 33.7. The van der Waals surface area contributed by atoms with Crippen molar-refractivity contribution in [2.75, 3.05) is 7.11 Å². The standard InChI is InChI=1S/C15H10F2N4O2/c1-23-15(22)12-6-13(9-4-2-3-5-10(9)16)21(20-12)14-11(17)7-18-8-19-14/h2-8H,1H3. The minimum absolute atomic E-state index is 0.0937. The summed E-state index contributed by atoms with van der Waals surface area (Å²) in [5.74, 6) is -2.23. The first-order valence-electron chi connectivity index (χ1n) is 6.51. The van der Waals surface area contributed by atoms with Crippen LogP contribution in [0, 0.1) is 11.6 Å². The van der Waals surface area contributed by atoms with Crippen molar-refractivity contribution in [3.05, 3.63) is 60.2 Å². The van der Waals surface area contributed by atoms with E-state index in [1.54, 1.807) is 6.07 Å². The summed E-state index contributed by atoms with van der Waals surface area (Å²) in [6, 6.07) is 7.19. The van der Waals surface area contributed by atoms with Crippen molar-refractivity contribution in [3.8, 4) is 17.1 Å². The van der Waals surface area contributed by atoms with Crippen molar-refractivity contribution in [1.82, 2.24) is 19.7 Å². The van der Waals surface area contributed by atoms with Gasteiger partial charge in [-0.3, -0.25) is 0 Å². The first-order valence-corrected chi connectivity index (χ1v) is 6.51. The highest BCUT2D eigenvalue weighted by molar-refractivity contribution is 5.88. The Balaban J connectivity index is 2.26. The van der Waals surface area contributed by atoms with Crippen LogP contribution in [-0.2, 0) is 4.74 Å². The number of hydrogen-bond acceptors (Lipinski definition) is 5. The zero-order valence-corrected chi connectivity index (χ0v) is 11.9. The topological polar surface area (TPSA) is 69.9 Å². The molecule has 8 heteroatoms. The molecule has 0 N–H and O–H groups in total. The molecule has 3 rings (SSSR count). The van der Waals surface area contributed by atoms with Gasteiger partial charge in [-0.05, 0) is 18.2 Å². The molecule has 0 aliphatic rings. The van der Waals surface area contributed by atoms with E-state index in [1.165, 1.54) is 31.4 Å². The van der Waals surface area contributed by atoms with Gasteiger partial charge in [-0.25, -0.2) is 28.2 Å². The van der Waals surface area contributed by atoms with E-state index in [0.29, 0.717) is 0 Å². The molecule has 1 aromatic carbocycles. The van der Waals surface area contributed by atoms with Crippen LogP contribution in [0.2, 0.25) is 0 Å². The van der Waals surface area contributed by atoms with Crippen molar-refractivity contribution in [2.24, 2.45) is 0 Å². The van der Waals surface area contributed by atoms with Crippen LogP contribution in [-0.4, -0.2) is 32.8 Å². The number of benzene rings is 1. The second-order valence-electron chi connectivity index (χ2n) is 4.49. The van der Waals surface area contributed by atoms with E-state index in [2.05, 4.69) is 19.8 Å². The van der Waals surface area contributed by atoms with Gasteiger partial charge in [0.05, 0.1) is 19.0 Å². The summed E-state index contributed by atoms with van der Waals surface area (Å²) in [4.78, 5) is 19.1. The van der Waals surface area contributed by atoms with Crippen LogP contribution in [0.25, 0.3) is 17.1 Å². The quantitative estimate of drug-likeness (QED) is 0.694. The SMILES string of the molecule is COC(=O)c1cc(-c2ccccc2F)n(-c2ncncc2F)n1. The summed E-state index contributed by atoms with van der Waals surface area (Å²) in [6.07, 6.45) is 2.08. The van der Waals surface area contributed by atoms with E-state index in [0.717, 1.165) is 17.2 Å². The Bertz CT molecular complexity index is 816. The Morgan fingerprint density at radius 2 is 2.00 bits per heavy atom. The van der Waals surface area contributed by atoms with Crippen molar-refractivity contribution in [1.29, 1.82) is 0 Å². The van der Waals surface area contributed by atoms with Crippen LogP contribution >= 0.6 is 0 Å².